The Morgan fingerprint density at radius 3 is 1.62 bits per heavy atom. The maximum absolute atomic E-state index is 7.47. The number of rotatable bonds is 6. The minimum absolute atomic E-state index is 0.355. The van der Waals surface area contributed by atoms with Gasteiger partial charge in [0.05, 0.1) is 33.4 Å². The van der Waals surface area contributed by atoms with Gasteiger partial charge in [-0.15, -0.1) is 0 Å². The quantitative estimate of drug-likeness (QED) is 0.182. The molecule has 9 aromatic carbocycles. The molecule has 6 nitrogen and oxygen atoms in total. The summed E-state index contributed by atoms with van der Waals surface area (Å²) in [6, 6.07) is 74.9. The van der Waals surface area contributed by atoms with Gasteiger partial charge < -0.3 is 18.9 Å². The van der Waals surface area contributed by atoms with Crippen LogP contribution in [-0.4, -0.2) is 20.8 Å². The summed E-state index contributed by atoms with van der Waals surface area (Å²) < 4.78 is 12.2. The van der Waals surface area contributed by atoms with Gasteiger partial charge in [0.2, 0.25) is 0 Å². The average molecular weight is 808 g/mol. The zero-order valence-electron chi connectivity index (χ0n) is 34.0. The number of benzene rings is 9. The lowest BCUT2D eigenvalue weighted by molar-refractivity contribution is 0.663. The first kappa shape index (κ1) is 35.3. The number of aliphatic imine (C=N–C) groups is 2. The van der Waals surface area contributed by atoms with Crippen molar-refractivity contribution < 1.29 is 4.42 Å². The van der Waals surface area contributed by atoms with Crippen molar-refractivity contribution in [3.05, 3.63) is 229 Å². The van der Waals surface area contributed by atoms with Crippen molar-refractivity contribution in [2.24, 2.45) is 9.98 Å². The number of hydrogen-bond donors (Lipinski definition) is 1. The zero-order chi connectivity index (χ0) is 41.4. The molecule has 1 atom stereocenters. The summed E-state index contributed by atoms with van der Waals surface area (Å²) in [6.07, 6.45) is -0.355. The SMILES string of the molecule is c1ccc(C2=NC(c3ccc(-n4c5ccccc5c5ccccc54)c4oc5c(-n6c7ccccc7c7ccc(-c8ccccc8)cc76)cccc5c34)=NC(c3ccccc3)N2)cc1. The second kappa shape index (κ2) is 14.0. The van der Waals surface area contributed by atoms with Gasteiger partial charge in [-0.2, -0.15) is 0 Å². The standard InChI is InChI=1S/C57H37N5O/c1-4-17-36(18-5-1)39-31-32-43-42-25-12-15-29-48(42)62(51(43)35-39)49-30-16-26-44-52-45(57-59-55(37-19-6-2-7-20-37)58-56(60-57)38-21-8-3-9-22-38)33-34-50(54(52)63-53(44)49)61-46-27-13-10-23-40(46)41-24-11-14-28-47(41)61/h1-35,55H,(H,58,59,60). The fourth-order valence-corrected chi connectivity index (χ4v) is 9.75. The third kappa shape index (κ3) is 5.51. The van der Waals surface area contributed by atoms with E-state index < -0.39 is 0 Å². The van der Waals surface area contributed by atoms with Crippen LogP contribution in [0.4, 0.5) is 0 Å². The summed E-state index contributed by atoms with van der Waals surface area (Å²) in [4.78, 5) is 10.7. The molecule has 13 rings (SSSR count). The van der Waals surface area contributed by atoms with E-state index in [1.165, 1.54) is 27.1 Å². The fourth-order valence-electron chi connectivity index (χ4n) is 9.75. The van der Waals surface area contributed by atoms with Gasteiger partial charge in [0.1, 0.15) is 12.0 Å². The summed E-state index contributed by atoms with van der Waals surface area (Å²) in [5.74, 6) is 1.40. The Kier molecular flexibility index (Phi) is 7.87. The third-order valence-electron chi connectivity index (χ3n) is 12.6. The highest BCUT2D eigenvalue weighted by Crippen LogP contribution is 2.44. The van der Waals surface area contributed by atoms with Crippen LogP contribution < -0.4 is 5.32 Å². The number of furan rings is 1. The number of para-hydroxylation sites is 4. The van der Waals surface area contributed by atoms with Crippen LogP contribution in [0.15, 0.2) is 227 Å². The van der Waals surface area contributed by atoms with Gasteiger partial charge in [-0.3, -0.25) is 0 Å². The van der Waals surface area contributed by atoms with E-state index in [0.717, 1.165) is 83.5 Å². The van der Waals surface area contributed by atoms with E-state index >= 15 is 0 Å². The van der Waals surface area contributed by atoms with E-state index in [2.05, 4.69) is 203 Å². The van der Waals surface area contributed by atoms with Crippen molar-refractivity contribution in [3.63, 3.8) is 0 Å². The van der Waals surface area contributed by atoms with E-state index in [-0.39, 0.29) is 6.17 Å². The molecular formula is C57H37N5O. The van der Waals surface area contributed by atoms with E-state index in [4.69, 9.17) is 14.4 Å². The molecule has 6 heteroatoms. The summed E-state index contributed by atoms with van der Waals surface area (Å²) in [7, 11) is 0. The summed E-state index contributed by atoms with van der Waals surface area (Å²) >= 11 is 0. The zero-order valence-corrected chi connectivity index (χ0v) is 34.0. The molecule has 12 aromatic rings. The highest BCUT2D eigenvalue weighted by molar-refractivity contribution is 6.24. The lowest BCUT2D eigenvalue weighted by atomic mass is 10.0. The lowest BCUT2D eigenvalue weighted by Crippen LogP contribution is -2.33. The molecule has 0 amide bonds. The number of nitrogens with one attached hydrogen (secondary N) is 1. The van der Waals surface area contributed by atoms with Gasteiger partial charge in [-0.05, 0) is 59.2 Å². The maximum Gasteiger partial charge on any atom is 0.160 e. The minimum atomic E-state index is -0.355. The number of aromatic nitrogens is 2. The van der Waals surface area contributed by atoms with Crippen molar-refractivity contribution in [2.75, 3.05) is 0 Å². The second-order valence-corrected chi connectivity index (χ2v) is 16.1. The first-order valence-electron chi connectivity index (χ1n) is 21.4. The molecule has 1 aliphatic rings. The predicted molar refractivity (Wildman–Crippen MR) is 260 cm³/mol. The van der Waals surface area contributed by atoms with Crippen LogP contribution in [-0.2, 0) is 0 Å². The average Bonchev–Trinajstić information content (AvgIpc) is 4.03. The highest BCUT2D eigenvalue weighted by atomic mass is 16.3. The van der Waals surface area contributed by atoms with Gasteiger partial charge in [0.15, 0.2) is 17.0 Å². The highest BCUT2D eigenvalue weighted by Gasteiger charge is 2.27. The molecule has 0 fully saturated rings. The Morgan fingerprint density at radius 2 is 0.952 bits per heavy atom. The summed E-state index contributed by atoms with van der Waals surface area (Å²) in [5.41, 5.74) is 13.2. The molecule has 0 aliphatic carbocycles. The Morgan fingerprint density at radius 1 is 0.413 bits per heavy atom. The maximum atomic E-state index is 7.47. The van der Waals surface area contributed by atoms with E-state index in [0.29, 0.717) is 5.84 Å². The number of hydrogen-bond acceptors (Lipinski definition) is 4. The number of amidine groups is 2. The molecule has 0 saturated carbocycles. The van der Waals surface area contributed by atoms with Crippen LogP contribution in [0.3, 0.4) is 0 Å². The first-order chi connectivity index (χ1) is 31.3. The van der Waals surface area contributed by atoms with E-state index in [1.807, 2.05) is 24.3 Å². The largest absolute Gasteiger partial charge is 0.452 e. The van der Waals surface area contributed by atoms with Crippen LogP contribution in [0.25, 0.3) is 88.1 Å². The second-order valence-electron chi connectivity index (χ2n) is 16.1. The molecule has 0 radical (unpaired) electrons. The molecule has 296 valence electrons. The Bertz CT molecular complexity index is 3770. The Labute approximate surface area is 362 Å². The van der Waals surface area contributed by atoms with Gasteiger partial charge in [-0.1, -0.05) is 170 Å². The number of fused-ring (bicyclic) bond motifs is 9. The summed E-state index contributed by atoms with van der Waals surface area (Å²) in [5, 5.41) is 10.3. The van der Waals surface area contributed by atoms with Crippen molar-refractivity contribution in [2.45, 2.75) is 6.17 Å². The number of nitrogens with zero attached hydrogens (tertiary/aromatic N) is 4. The first-order valence-corrected chi connectivity index (χ1v) is 21.4. The van der Waals surface area contributed by atoms with Crippen LogP contribution in [0, 0.1) is 0 Å². The van der Waals surface area contributed by atoms with Crippen molar-refractivity contribution in [1.82, 2.24) is 14.5 Å². The van der Waals surface area contributed by atoms with Crippen LogP contribution in [0.5, 0.6) is 0 Å². The van der Waals surface area contributed by atoms with Crippen LogP contribution in [0.2, 0.25) is 0 Å². The van der Waals surface area contributed by atoms with Gasteiger partial charge in [0, 0.05) is 43.4 Å². The monoisotopic (exact) mass is 807 g/mol. The topological polar surface area (TPSA) is 59.8 Å². The summed E-state index contributed by atoms with van der Waals surface area (Å²) in [6.45, 7) is 0. The molecule has 0 spiro atoms. The van der Waals surface area contributed by atoms with Gasteiger partial charge >= 0.3 is 0 Å². The molecule has 3 aromatic heterocycles. The minimum Gasteiger partial charge on any atom is -0.452 e. The molecule has 0 saturated heterocycles. The van der Waals surface area contributed by atoms with Gasteiger partial charge in [-0.25, -0.2) is 9.98 Å². The molecule has 63 heavy (non-hydrogen) atoms. The third-order valence-corrected chi connectivity index (χ3v) is 12.6. The molecule has 1 aliphatic heterocycles. The Balaban J connectivity index is 1.14. The van der Waals surface area contributed by atoms with Crippen molar-refractivity contribution in [3.8, 4) is 22.5 Å². The van der Waals surface area contributed by atoms with Crippen molar-refractivity contribution in [1.29, 1.82) is 0 Å². The molecule has 1 N–H and O–H groups in total. The van der Waals surface area contributed by atoms with Crippen molar-refractivity contribution >= 4 is 77.2 Å². The van der Waals surface area contributed by atoms with Crippen LogP contribution in [0.1, 0.15) is 22.9 Å². The normalized spacial score (nSPS) is 14.2. The molecule has 4 heterocycles. The molecule has 1 unspecified atom stereocenters. The van der Waals surface area contributed by atoms with E-state index in [9.17, 15) is 0 Å². The van der Waals surface area contributed by atoms with Crippen LogP contribution >= 0.6 is 0 Å². The molecule has 0 bridgehead atoms. The predicted octanol–water partition coefficient (Wildman–Crippen LogP) is 13.9. The Hall–Kier alpha value is -8.48. The van der Waals surface area contributed by atoms with E-state index in [1.54, 1.807) is 0 Å². The van der Waals surface area contributed by atoms with Gasteiger partial charge in [0.25, 0.3) is 0 Å². The lowest BCUT2D eigenvalue weighted by Gasteiger charge is -2.24. The smallest absolute Gasteiger partial charge is 0.160 e. The molecular weight excluding hydrogens is 771 g/mol. The fraction of sp³-hybridized carbons (Fsp3) is 0.0175.